The largest absolute Gasteiger partial charge is 0.340 e. The molecule has 0 saturated carbocycles. The van der Waals surface area contributed by atoms with Gasteiger partial charge in [-0.15, -0.1) is 0 Å². The highest BCUT2D eigenvalue weighted by molar-refractivity contribution is 7.89. The van der Waals surface area contributed by atoms with Crippen molar-refractivity contribution in [3.8, 4) is 16.8 Å². The Morgan fingerprint density at radius 2 is 1.58 bits per heavy atom. The Kier molecular flexibility index (Phi) is 5.33. The predicted molar refractivity (Wildman–Crippen MR) is 130 cm³/mol. The molecule has 0 unspecified atom stereocenters. The molecule has 2 heterocycles. The van der Waals surface area contributed by atoms with Crippen molar-refractivity contribution in [2.24, 2.45) is 5.14 Å². The Bertz CT molecular complexity index is 1550. The van der Waals surface area contributed by atoms with E-state index in [1.54, 1.807) is 24.3 Å². The number of halogens is 1. The van der Waals surface area contributed by atoms with Crippen molar-refractivity contribution in [2.45, 2.75) is 4.90 Å². The zero-order chi connectivity index (χ0) is 23.0. The van der Waals surface area contributed by atoms with Crippen LogP contribution in [0.2, 0.25) is 5.02 Å². The Morgan fingerprint density at radius 1 is 0.879 bits per heavy atom. The van der Waals surface area contributed by atoms with Gasteiger partial charge in [-0.05, 0) is 54.1 Å². The molecule has 0 amide bonds. The molecule has 5 rings (SSSR count). The molecule has 0 bridgehead atoms. The molecule has 0 aliphatic rings. The zero-order valence-electron chi connectivity index (χ0n) is 17.2. The van der Waals surface area contributed by atoms with Crippen molar-refractivity contribution in [1.82, 2.24) is 14.5 Å². The first-order valence-corrected chi connectivity index (χ1v) is 11.9. The number of nitrogens with two attached hydrogens (primary N) is 1. The summed E-state index contributed by atoms with van der Waals surface area (Å²) >= 11 is 6.02. The van der Waals surface area contributed by atoms with Gasteiger partial charge in [0.15, 0.2) is 5.65 Å². The molecule has 164 valence electrons. The molecule has 0 saturated heterocycles. The van der Waals surface area contributed by atoms with Crippen LogP contribution in [0.15, 0.2) is 96.3 Å². The van der Waals surface area contributed by atoms with Gasteiger partial charge in [0.1, 0.15) is 12.1 Å². The zero-order valence-corrected chi connectivity index (χ0v) is 18.8. The van der Waals surface area contributed by atoms with Gasteiger partial charge in [0.2, 0.25) is 10.0 Å². The molecule has 5 aromatic rings. The quantitative estimate of drug-likeness (QED) is 0.366. The van der Waals surface area contributed by atoms with Gasteiger partial charge < -0.3 is 9.88 Å². The number of aromatic nitrogens is 3. The number of anilines is 2. The van der Waals surface area contributed by atoms with E-state index in [4.69, 9.17) is 16.7 Å². The average Bonchev–Trinajstić information content (AvgIpc) is 3.21. The minimum absolute atomic E-state index is 0.0470. The molecule has 0 fully saturated rings. The van der Waals surface area contributed by atoms with Crippen LogP contribution in [-0.4, -0.2) is 23.0 Å². The summed E-state index contributed by atoms with van der Waals surface area (Å²) < 4.78 is 25.2. The maximum Gasteiger partial charge on any atom is 0.238 e. The second-order valence-corrected chi connectivity index (χ2v) is 9.37. The van der Waals surface area contributed by atoms with Crippen molar-refractivity contribution in [1.29, 1.82) is 0 Å². The summed E-state index contributed by atoms with van der Waals surface area (Å²) in [7, 11) is -3.78. The summed E-state index contributed by atoms with van der Waals surface area (Å²) in [4.78, 5) is 9.09. The van der Waals surface area contributed by atoms with Gasteiger partial charge in [-0.3, -0.25) is 0 Å². The van der Waals surface area contributed by atoms with Crippen molar-refractivity contribution < 1.29 is 8.42 Å². The fourth-order valence-electron chi connectivity index (χ4n) is 3.66. The number of hydrogen-bond donors (Lipinski definition) is 2. The van der Waals surface area contributed by atoms with Crippen LogP contribution < -0.4 is 10.5 Å². The first-order valence-electron chi connectivity index (χ1n) is 9.97. The second kappa shape index (κ2) is 8.32. The molecule has 0 spiro atoms. The highest BCUT2D eigenvalue weighted by Crippen LogP contribution is 2.36. The Morgan fingerprint density at radius 3 is 2.24 bits per heavy atom. The van der Waals surface area contributed by atoms with Crippen molar-refractivity contribution in [2.75, 3.05) is 5.32 Å². The predicted octanol–water partition coefficient (Wildman–Crippen LogP) is 5.13. The molecule has 0 radical (unpaired) electrons. The minimum Gasteiger partial charge on any atom is -0.340 e. The third-order valence-corrected chi connectivity index (χ3v) is 6.40. The van der Waals surface area contributed by atoms with Crippen LogP contribution in [0.4, 0.5) is 11.5 Å². The normalized spacial score (nSPS) is 11.6. The van der Waals surface area contributed by atoms with E-state index >= 15 is 0 Å². The Balaban J connectivity index is 1.71. The van der Waals surface area contributed by atoms with Crippen LogP contribution in [0.1, 0.15) is 0 Å². The molecular weight excluding hydrogens is 458 g/mol. The van der Waals surface area contributed by atoms with Crippen LogP contribution in [0.5, 0.6) is 0 Å². The molecule has 0 aliphatic heterocycles. The monoisotopic (exact) mass is 475 g/mol. The lowest BCUT2D eigenvalue weighted by molar-refractivity contribution is 0.598. The number of fused-ring (bicyclic) bond motifs is 1. The van der Waals surface area contributed by atoms with Crippen LogP contribution in [-0.2, 0) is 10.0 Å². The average molecular weight is 476 g/mol. The van der Waals surface area contributed by atoms with E-state index in [0.717, 1.165) is 27.9 Å². The van der Waals surface area contributed by atoms with Crippen molar-refractivity contribution >= 4 is 44.2 Å². The van der Waals surface area contributed by atoms with Gasteiger partial charge >= 0.3 is 0 Å². The van der Waals surface area contributed by atoms with E-state index in [0.29, 0.717) is 16.5 Å². The first kappa shape index (κ1) is 21.1. The highest BCUT2D eigenvalue weighted by atomic mass is 35.5. The molecular formula is C24H18ClN5O2S. The third-order valence-electron chi connectivity index (χ3n) is 5.22. The summed E-state index contributed by atoms with van der Waals surface area (Å²) in [6, 6.07) is 23.6. The lowest BCUT2D eigenvalue weighted by Gasteiger charge is -2.09. The Hall–Kier alpha value is -3.72. The summed E-state index contributed by atoms with van der Waals surface area (Å²) in [6.45, 7) is 0. The van der Waals surface area contributed by atoms with Crippen LogP contribution in [0.25, 0.3) is 27.8 Å². The molecule has 2 aromatic heterocycles. The highest BCUT2D eigenvalue weighted by Gasteiger charge is 2.18. The third kappa shape index (κ3) is 4.19. The topological polar surface area (TPSA) is 103 Å². The van der Waals surface area contributed by atoms with E-state index in [9.17, 15) is 8.42 Å². The molecule has 3 N–H and O–H groups in total. The van der Waals surface area contributed by atoms with Gasteiger partial charge in [0, 0.05) is 28.2 Å². The molecule has 7 nitrogen and oxygen atoms in total. The van der Waals surface area contributed by atoms with Gasteiger partial charge in [0.25, 0.3) is 0 Å². The minimum atomic E-state index is -3.78. The lowest BCUT2D eigenvalue weighted by Crippen LogP contribution is -2.12. The number of nitrogens with zero attached hydrogens (tertiary/aromatic N) is 3. The smallest absolute Gasteiger partial charge is 0.238 e. The van der Waals surface area contributed by atoms with E-state index in [1.807, 2.05) is 53.2 Å². The number of rotatable bonds is 5. The van der Waals surface area contributed by atoms with Gasteiger partial charge in [-0.25, -0.2) is 23.5 Å². The maximum atomic E-state index is 11.7. The van der Waals surface area contributed by atoms with Gasteiger partial charge in [-0.2, -0.15) is 0 Å². The van der Waals surface area contributed by atoms with Crippen LogP contribution in [0.3, 0.4) is 0 Å². The summed E-state index contributed by atoms with van der Waals surface area (Å²) in [5, 5.41) is 10.1. The van der Waals surface area contributed by atoms with Gasteiger partial charge in [-0.1, -0.05) is 41.9 Å². The first-order chi connectivity index (χ1) is 15.9. The van der Waals surface area contributed by atoms with Crippen LogP contribution in [0, 0.1) is 0 Å². The van der Waals surface area contributed by atoms with E-state index in [-0.39, 0.29) is 4.90 Å². The fourth-order valence-corrected chi connectivity index (χ4v) is 4.30. The number of benzene rings is 3. The van der Waals surface area contributed by atoms with Crippen molar-refractivity contribution in [3.63, 3.8) is 0 Å². The summed E-state index contributed by atoms with van der Waals surface area (Å²) in [6.07, 6.45) is 3.46. The number of sulfonamides is 1. The van der Waals surface area contributed by atoms with E-state index in [2.05, 4.69) is 15.3 Å². The summed E-state index contributed by atoms with van der Waals surface area (Å²) in [5.74, 6) is 0.640. The molecule has 0 atom stereocenters. The lowest BCUT2D eigenvalue weighted by atomic mass is 10.1. The van der Waals surface area contributed by atoms with E-state index < -0.39 is 10.0 Å². The Labute approximate surface area is 195 Å². The standard InChI is InChI=1S/C24H18ClN5O2S/c25-17-6-8-18(9-7-17)29-23-22-21(16-4-2-1-3-5-16)14-30(24(22)28-15-27-23)19-10-12-20(13-11-19)33(26,31)32/h1-15H,(H2,26,31,32)(H,27,28,29). The number of primary sulfonamides is 1. The van der Waals surface area contributed by atoms with Gasteiger partial charge in [0.05, 0.1) is 10.3 Å². The van der Waals surface area contributed by atoms with E-state index in [1.165, 1.54) is 18.5 Å². The van der Waals surface area contributed by atoms with Crippen molar-refractivity contribution in [3.05, 3.63) is 96.4 Å². The molecule has 3 aromatic carbocycles. The molecule has 9 heteroatoms. The second-order valence-electron chi connectivity index (χ2n) is 7.37. The molecule has 0 aliphatic carbocycles. The summed E-state index contributed by atoms with van der Waals surface area (Å²) in [5.41, 5.74) is 4.17. The SMILES string of the molecule is NS(=O)(=O)c1ccc(-n2cc(-c3ccccc3)c3c(Nc4ccc(Cl)cc4)ncnc32)cc1. The maximum absolute atomic E-state index is 11.7. The number of hydrogen-bond acceptors (Lipinski definition) is 5. The number of nitrogens with one attached hydrogen (secondary N) is 1. The molecule has 33 heavy (non-hydrogen) atoms. The fraction of sp³-hybridized carbons (Fsp3) is 0. The van der Waals surface area contributed by atoms with Crippen LogP contribution >= 0.6 is 11.6 Å².